The molecule has 0 fully saturated rings. The van der Waals surface area contributed by atoms with Crippen molar-refractivity contribution >= 4 is 16.0 Å². The van der Waals surface area contributed by atoms with Gasteiger partial charge in [0.2, 0.25) is 5.91 Å². The van der Waals surface area contributed by atoms with E-state index in [1.54, 1.807) is 6.08 Å². The average molecular weight is 830 g/mol. The van der Waals surface area contributed by atoms with Crippen LogP contribution in [-0.2, 0) is 14.9 Å². The van der Waals surface area contributed by atoms with Crippen LogP contribution in [0.4, 0.5) is 0 Å². The standard InChI is InChI=1S/C51H91NO5S/c1-3-5-7-9-11-13-15-17-19-21-23-25-26-27-29-31-33-35-37-39-41-43-45-47-51(54)52-49(48-58(55,56)57)50(53)46-44-42-40-38-36-34-32-30-28-24-22-20-18-16-14-12-10-8-6-4-2/h5,7,11,13,17,19,23,25,27,29,44,46,49-50,53H,3-4,6,8-10,12,14-16,18,20-22,24,26,28,30-43,45,47-48H2,1-2H3,(H,52,54)(H,55,56,57)/b7-5-,13-11-,19-17-,25-23-,29-27-,46-44+. The number of carbonyl (C=O) groups excluding carboxylic acids is 1. The first kappa shape index (κ1) is 55.8. The topological polar surface area (TPSA) is 104 Å². The Balaban J connectivity index is 3.88. The Labute approximate surface area is 359 Å². The molecule has 0 saturated carbocycles. The lowest BCUT2D eigenvalue weighted by atomic mass is 10.0. The molecule has 6 nitrogen and oxygen atoms in total. The molecule has 336 valence electrons. The second-order valence-corrected chi connectivity index (χ2v) is 17.9. The molecule has 0 spiro atoms. The smallest absolute Gasteiger partial charge is 0.267 e. The van der Waals surface area contributed by atoms with Crippen LogP contribution in [0.1, 0.15) is 226 Å². The highest BCUT2D eigenvalue weighted by molar-refractivity contribution is 7.85. The molecule has 0 aliphatic carbocycles. The molecule has 3 N–H and O–H groups in total. The van der Waals surface area contributed by atoms with Crippen LogP contribution in [0, 0.1) is 0 Å². The molecule has 0 rings (SSSR count). The van der Waals surface area contributed by atoms with E-state index in [1.165, 1.54) is 122 Å². The average Bonchev–Trinajstić information content (AvgIpc) is 3.19. The van der Waals surface area contributed by atoms with Crippen LogP contribution >= 0.6 is 0 Å². The third-order valence-electron chi connectivity index (χ3n) is 10.6. The van der Waals surface area contributed by atoms with E-state index in [0.717, 1.165) is 83.5 Å². The molecule has 0 radical (unpaired) electrons. The number of unbranched alkanes of at least 4 members (excludes halogenated alkanes) is 25. The van der Waals surface area contributed by atoms with Crippen molar-refractivity contribution in [3.63, 3.8) is 0 Å². The number of nitrogens with one attached hydrogen (secondary N) is 1. The quantitative estimate of drug-likeness (QED) is 0.0323. The maximum atomic E-state index is 12.6. The number of rotatable bonds is 43. The molecule has 0 aromatic carbocycles. The van der Waals surface area contributed by atoms with Gasteiger partial charge in [-0.15, -0.1) is 0 Å². The number of carbonyl (C=O) groups is 1. The number of allylic oxidation sites excluding steroid dienone is 11. The second kappa shape index (κ2) is 44.3. The summed E-state index contributed by atoms with van der Waals surface area (Å²) in [6.07, 6.45) is 63.2. The Morgan fingerprint density at radius 2 is 0.828 bits per heavy atom. The van der Waals surface area contributed by atoms with Crippen LogP contribution in [0.5, 0.6) is 0 Å². The van der Waals surface area contributed by atoms with E-state index in [4.69, 9.17) is 0 Å². The Bertz CT molecular complexity index is 1190. The van der Waals surface area contributed by atoms with E-state index in [1.807, 2.05) is 6.08 Å². The van der Waals surface area contributed by atoms with E-state index < -0.39 is 28.0 Å². The number of amides is 1. The molecule has 2 atom stereocenters. The zero-order valence-electron chi connectivity index (χ0n) is 37.7. The Morgan fingerprint density at radius 1 is 0.483 bits per heavy atom. The molecule has 58 heavy (non-hydrogen) atoms. The zero-order valence-corrected chi connectivity index (χ0v) is 38.5. The van der Waals surface area contributed by atoms with Crippen LogP contribution in [0.3, 0.4) is 0 Å². The summed E-state index contributed by atoms with van der Waals surface area (Å²) < 4.78 is 32.7. The van der Waals surface area contributed by atoms with Crippen LogP contribution in [0.25, 0.3) is 0 Å². The number of hydrogen-bond donors (Lipinski definition) is 3. The van der Waals surface area contributed by atoms with Gasteiger partial charge in [-0.25, -0.2) is 0 Å². The third-order valence-corrected chi connectivity index (χ3v) is 11.4. The van der Waals surface area contributed by atoms with Crippen molar-refractivity contribution in [2.45, 2.75) is 238 Å². The lowest BCUT2D eigenvalue weighted by Crippen LogP contribution is -2.46. The maximum Gasteiger partial charge on any atom is 0.267 e. The van der Waals surface area contributed by atoms with Crippen LogP contribution in [-0.4, -0.2) is 41.9 Å². The fourth-order valence-corrected chi connectivity index (χ4v) is 7.80. The molecular formula is C51H91NO5S. The minimum Gasteiger partial charge on any atom is -0.387 e. The fraction of sp³-hybridized carbons (Fsp3) is 0.745. The van der Waals surface area contributed by atoms with Crippen molar-refractivity contribution < 1.29 is 22.9 Å². The first-order valence-corrected chi connectivity index (χ1v) is 25.7. The summed E-state index contributed by atoms with van der Waals surface area (Å²) in [5, 5.41) is 13.3. The summed E-state index contributed by atoms with van der Waals surface area (Å²) in [6, 6.07) is -1.07. The molecular weight excluding hydrogens is 739 g/mol. The zero-order chi connectivity index (χ0) is 42.5. The first-order valence-electron chi connectivity index (χ1n) is 24.1. The van der Waals surface area contributed by atoms with Gasteiger partial charge in [0.1, 0.15) is 0 Å². The lowest BCUT2D eigenvalue weighted by Gasteiger charge is -2.21. The molecule has 0 bridgehead atoms. The van der Waals surface area contributed by atoms with Gasteiger partial charge in [-0.05, 0) is 64.2 Å². The molecule has 0 aliphatic heterocycles. The minimum atomic E-state index is -4.36. The van der Waals surface area contributed by atoms with Gasteiger partial charge < -0.3 is 10.4 Å². The molecule has 0 aliphatic rings. The molecule has 0 aromatic rings. The van der Waals surface area contributed by atoms with Gasteiger partial charge in [0.05, 0.1) is 17.9 Å². The van der Waals surface area contributed by atoms with Gasteiger partial charge in [0.25, 0.3) is 10.1 Å². The largest absolute Gasteiger partial charge is 0.387 e. The van der Waals surface area contributed by atoms with Crippen molar-refractivity contribution in [3.05, 3.63) is 72.9 Å². The molecule has 0 aromatic heterocycles. The Hall–Kier alpha value is -2.22. The highest BCUT2D eigenvalue weighted by atomic mass is 32.2. The fourth-order valence-electron chi connectivity index (χ4n) is 7.07. The lowest BCUT2D eigenvalue weighted by molar-refractivity contribution is -0.122. The highest BCUT2D eigenvalue weighted by Gasteiger charge is 2.24. The monoisotopic (exact) mass is 830 g/mol. The molecule has 2 unspecified atom stereocenters. The van der Waals surface area contributed by atoms with Gasteiger partial charge in [0, 0.05) is 6.42 Å². The molecule has 0 saturated heterocycles. The van der Waals surface area contributed by atoms with Gasteiger partial charge in [-0.3, -0.25) is 9.35 Å². The normalized spacial score (nSPS) is 13.8. The van der Waals surface area contributed by atoms with Crippen molar-refractivity contribution in [1.29, 1.82) is 0 Å². The highest BCUT2D eigenvalue weighted by Crippen LogP contribution is 2.15. The van der Waals surface area contributed by atoms with Crippen LogP contribution in [0.2, 0.25) is 0 Å². The number of hydrogen-bond acceptors (Lipinski definition) is 4. The number of aliphatic hydroxyl groups excluding tert-OH is 1. The first-order chi connectivity index (χ1) is 28.3. The van der Waals surface area contributed by atoms with Crippen LogP contribution < -0.4 is 5.32 Å². The predicted molar refractivity (Wildman–Crippen MR) is 253 cm³/mol. The summed E-state index contributed by atoms with van der Waals surface area (Å²) in [5.74, 6) is -0.995. The molecule has 0 heterocycles. The summed E-state index contributed by atoms with van der Waals surface area (Å²) in [5.41, 5.74) is 0. The van der Waals surface area contributed by atoms with Crippen molar-refractivity contribution in [3.8, 4) is 0 Å². The molecule has 7 heteroatoms. The maximum absolute atomic E-state index is 12.6. The van der Waals surface area contributed by atoms with Crippen molar-refractivity contribution in [2.24, 2.45) is 0 Å². The van der Waals surface area contributed by atoms with Crippen LogP contribution in [0.15, 0.2) is 72.9 Å². The summed E-state index contributed by atoms with van der Waals surface area (Å²) in [6.45, 7) is 4.43. The van der Waals surface area contributed by atoms with Gasteiger partial charge in [-0.2, -0.15) is 8.42 Å². The third kappa shape index (κ3) is 44.9. The SMILES string of the molecule is CC/C=C\C/C=C\C/C=C\C/C=C\C/C=C\CCCCCCCCCC(=O)NC(CS(=O)(=O)O)C(O)/C=C/CCCCCCCCCCCCCCCCCCCC. The predicted octanol–water partition coefficient (Wildman–Crippen LogP) is 15.0. The van der Waals surface area contributed by atoms with Crippen molar-refractivity contribution in [2.75, 3.05) is 5.75 Å². The van der Waals surface area contributed by atoms with E-state index in [9.17, 15) is 22.9 Å². The van der Waals surface area contributed by atoms with Gasteiger partial charge in [-0.1, -0.05) is 228 Å². The summed E-state index contributed by atoms with van der Waals surface area (Å²) >= 11 is 0. The van der Waals surface area contributed by atoms with E-state index in [0.29, 0.717) is 0 Å². The summed E-state index contributed by atoms with van der Waals surface area (Å²) in [7, 11) is -4.36. The van der Waals surface area contributed by atoms with E-state index >= 15 is 0 Å². The second-order valence-electron chi connectivity index (χ2n) is 16.4. The molecule has 1 amide bonds. The van der Waals surface area contributed by atoms with Gasteiger partial charge >= 0.3 is 0 Å². The van der Waals surface area contributed by atoms with E-state index in [2.05, 4.69) is 79.9 Å². The number of aliphatic hydroxyl groups is 1. The van der Waals surface area contributed by atoms with Gasteiger partial charge in [0.15, 0.2) is 0 Å². The minimum absolute atomic E-state index is 0.280. The van der Waals surface area contributed by atoms with E-state index in [-0.39, 0.29) is 12.3 Å². The Morgan fingerprint density at radius 3 is 1.22 bits per heavy atom. The van der Waals surface area contributed by atoms with Crippen molar-refractivity contribution in [1.82, 2.24) is 5.32 Å². The Kier molecular flexibility index (Phi) is 42.6. The summed E-state index contributed by atoms with van der Waals surface area (Å²) in [4.78, 5) is 12.6.